The van der Waals surface area contributed by atoms with Crippen molar-refractivity contribution in [2.24, 2.45) is 18.9 Å². The second kappa shape index (κ2) is 6.58. The van der Waals surface area contributed by atoms with Crippen molar-refractivity contribution in [3.8, 4) is 0 Å². The zero-order valence-electron chi connectivity index (χ0n) is 11.5. The molecule has 102 valence electrons. The Morgan fingerprint density at radius 2 is 2.11 bits per heavy atom. The van der Waals surface area contributed by atoms with Gasteiger partial charge in [-0.15, -0.1) is 11.6 Å². The number of nitrogens with one attached hydrogen (secondary N) is 1. The fraction of sp³-hybridized carbons (Fsp3) is 0.786. The zero-order valence-corrected chi connectivity index (χ0v) is 12.2. The van der Waals surface area contributed by atoms with E-state index in [1.807, 2.05) is 18.7 Å². The monoisotopic (exact) mass is 269 g/mol. The quantitative estimate of drug-likeness (QED) is 0.833. The molecule has 0 bridgehead atoms. The predicted molar refractivity (Wildman–Crippen MR) is 75.8 cm³/mol. The van der Waals surface area contributed by atoms with Gasteiger partial charge in [-0.25, -0.2) is 0 Å². The smallest absolute Gasteiger partial charge is 0.0597 e. The first kappa shape index (κ1) is 13.9. The maximum Gasteiger partial charge on any atom is 0.0597 e. The second-order valence-corrected chi connectivity index (χ2v) is 5.80. The van der Waals surface area contributed by atoms with Crippen LogP contribution in [0.1, 0.15) is 37.1 Å². The van der Waals surface area contributed by atoms with Gasteiger partial charge >= 0.3 is 0 Å². The summed E-state index contributed by atoms with van der Waals surface area (Å²) in [4.78, 5) is 0. The minimum atomic E-state index is 0.709. The number of nitrogens with zero attached hydrogens (tertiary/aromatic N) is 2. The lowest BCUT2D eigenvalue weighted by Crippen LogP contribution is -2.31. The summed E-state index contributed by atoms with van der Waals surface area (Å²) in [5.41, 5.74) is 2.34. The Morgan fingerprint density at radius 1 is 1.39 bits per heavy atom. The fourth-order valence-electron chi connectivity index (χ4n) is 2.97. The first-order chi connectivity index (χ1) is 8.70. The molecule has 1 fully saturated rings. The Balaban J connectivity index is 1.79. The highest BCUT2D eigenvalue weighted by atomic mass is 35.5. The summed E-state index contributed by atoms with van der Waals surface area (Å²) in [6, 6.07) is 2.15. The molecule has 0 aliphatic heterocycles. The maximum absolute atomic E-state index is 6.06. The van der Waals surface area contributed by atoms with Crippen molar-refractivity contribution < 1.29 is 0 Å². The number of rotatable bonds is 5. The van der Waals surface area contributed by atoms with Gasteiger partial charge in [0.05, 0.1) is 11.4 Å². The van der Waals surface area contributed by atoms with Crippen LogP contribution in [0.2, 0.25) is 0 Å². The molecule has 0 radical (unpaired) electrons. The molecule has 1 N–H and O–H groups in total. The van der Waals surface area contributed by atoms with Crippen molar-refractivity contribution in [1.82, 2.24) is 15.1 Å². The maximum atomic E-state index is 6.06. The normalized spacial score (nSPS) is 24.4. The van der Waals surface area contributed by atoms with E-state index in [0.717, 1.165) is 30.6 Å². The van der Waals surface area contributed by atoms with Crippen molar-refractivity contribution >= 4 is 11.6 Å². The topological polar surface area (TPSA) is 29.9 Å². The summed E-state index contributed by atoms with van der Waals surface area (Å²) in [5.74, 6) is 2.28. The molecule has 2 unspecified atom stereocenters. The van der Waals surface area contributed by atoms with E-state index < -0.39 is 0 Å². The van der Waals surface area contributed by atoms with Crippen LogP contribution in [-0.4, -0.2) is 22.2 Å². The number of aryl methyl sites for hydroxylation is 2. The van der Waals surface area contributed by atoms with Crippen molar-refractivity contribution in [3.63, 3.8) is 0 Å². The van der Waals surface area contributed by atoms with Crippen molar-refractivity contribution in [2.45, 2.75) is 39.2 Å². The van der Waals surface area contributed by atoms with Crippen molar-refractivity contribution in [3.05, 3.63) is 17.5 Å². The van der Waals surface area contributed by atoms with Gasteiger partial charge in [0.25, 0.3) is 0 Å². The third kappa shape index (κ3) is 3.48. The minimum absolute atomic E-state index is 0.709. The molecule has 1 saturated carbocycles. The third-order valence-corrected chi connectivity index (χ3v) is 4.47. The van der Waals surface area contributed by atoms with Gasteiger partial charge in [0, 0.05) is 19.5 Å². The molecule has 0 amide bonds. The first-order valence-electron chi connectivity index (χ1n) is 6.97. The number of hydrogen-bond acceptors (Lipinski definition) is 2. The summed E-state index contributed by atoms with van der Waals surface area (Å²) in [6.07, 6.45) is 5.36. The molecule has 1 aromatic rings. The second-order valence-electron chi connectivity index (χ2n) is 5.49. The Morgan fingerprint density at radius 3 is 2.72 bits per heavy atom. The van der Waals surface area contributed by atoms with Crippen LogP contribution < -0.4 is 5.32 Å². The van der Waals surface area contributed by atoms with E-state index in [0.29, 0.717) is 5.92 Å². The van der Waals surface area contributed by atoms with E-state index in [9.17, 15) is 0 Å². The molecule has 2 rings (SSSR count). The van der Waals surface area contributed by atoms with E-state index in [1.165, 1.54) is 31.4 Å². The predicted octanol–water partition coefficient (Wildman–Crippen LogP) is 2.86. The minimum Gasteiger partial charge on any atom is -0.311 e. The summed E-state index contributed by atoms with van der Waals surface area (Å²) in [6.45, 7) is 4.03. The molecule has 2 atom stereocenters. The molecule has 1 aromatic heterocycles. The number of alkyl halides is 1. The Labute approximate surface area is 115 Å². The SMILES string of the molecule is Cc1cc(CNCC2CCCCC2CCl)n(C)n1. The summed E-state index contributed by atoms with van der Waals surface area (Å²) in [7, 11) is 2.01. The van der Waals surface area contributed by atoms with Crippen LogP contribution in [0.3, 0.4) is 0 Å². The van der Waals surface area contributed by atoms with Crippen LogP contribution in [0.25, 0.3) is 0 Å². The molecule has 1 aliphatic carbocycles. The molecule has 18 heavy (non-hydrogen) atoms. The molecule has 3 nitrogen and oxygen atoms in total. The van der Waals surface area contributed by atoms with Gasteiger partial charge < -0.3 is 5.32 Å². The largest absolute Gasteiger partial charge is 0.311 e. The average Bonchev–Trinajstić information content (AvgIpc) is 2.68. The lowest BCUT2D eigenvalue weighted by molar-refractivity contribution is 0.250. The van der Waals surface area contributed by atoms with Crippen LogP contribution in [0.5, 0.6) is 0 Å². The summed E-state index contributed by atoms with van der Waals surface area (Å²) < 4.78 is 1.96. The third-order valence-electron chi connectivity index (χ3n) is 4.08. The van der Waals surface area contributed by atoms with Crippen LogP contribution in [0, 0.1) is 18.8 Å². The molecule has 0 spiro atoms. The number of halogens is 1. The zero-order chi connectivity index (χ0) is 13.0. The molecule has 4 heteroatoms. The van der Waals surface area contributed by atoms with Gasteiger partial charge in [0.1, 0.15) is 0 Å². The van der Waals surface area contributed by atoms with E-state index >= 15 is 0 Å². The van der Waals surface area contributed by atoms with Crippen LogP contribution in [-0.2, 0) is 13.6 Å². The summed E-state index contributed by atoms with van der Waals surface area (Å²) >= 11 is 6.06. The van der Waals surface area contributed by atoms with Gasteiger partial charge in [0.2, 0.25) is 0 Å². The molecule has 1 aliphatic rings. The highest BCUT2D eigenvalue weighted by Gasteiger charge is 2.23. The molecular formula is C14H24ClN3. The lowest BCUT2D eigenvalue weighted by atomic mass is 9.80. The number of hydrogen-bond donors (Lipinski definition) is 1. The Kier molecular flexibility index (Phi) is 5.07. The van der Waals surface area contributed by atoms with Crippen LogP contribution in [0.15, 0.2) is 6.07 Å². The van der Waals surface area contributed by atoms with Gasteiger partial charge in [-0.05, 0) is 44.2 Å². The van der Waals surface area contributed by atoms with Gasteiger partial charge in [0.15, 0.2) is 0 Å². The summed E-state index contributed by atoms with van der Waals surface area (Å²) in [5, 5.41) is 7.93. The van der Waals surface area contributed by atoms with E-state index in [2.05, 4.69) is 16.5 Å². The highest BCUT2D eigenvalue weighted by Crippen LogP contribution is 2.30. The van der Waals surface area contributed by atoms with E-state index in [1.54, 1.807) is 0 Å². The highest BCUT2D eigenvalue weighted by molar-refractivity contribution is 6.18. The standard InChI is InChI=1S/C14H24ClN3/c1-11-7-14(18(2)17-11)10-16-9-13-6-4-3-5-12(13)8-15/h7,12-13,16H,3-6,8-10H2,1-2H3. The molecule has 1 heterocycles. The number of aromatic nitrogens is 2. The molecule has 0 aromatic carbocycles. The Bertz CT molecular complexity index is 375. The van der Waals surface area contributed by atoms with Crippen molar-refractivity contribution in [1.29, 1.82) is 0 Å². The van der Waals surface area contributed by atoms with Gasteiger partial charge in [-0.2, -0.15) is 5.10 Å². The van der Waals surface area contributed by atoms with Crippen molar-refractivity contribution in [2.75, 3.05) is 12.4 Å². The van der Waals surface area contributed by atoms with E-state index in [-0.39, 0.29) is 0 Å². The Hall–Kier alpha value is -0.540. The first-order valence-corrected chi connectivity index (χ1v) is 7.50. The lowest BCUT2D eigenvalue weighted by Gasteiger charge is -2.30. The molecule has 0 saturated heterocycles. The average molecular weight is 270 g/mol. The van der Waals surface area contributed by atoms with Gasteiger partial charge in [-0.3, -0.25) is 4.68 Å². The van der Waals surface area contributed by atoms with Crippen LogP contribution in [0.4, 0.5) is 0 Å². The van der Waals surface area contributed by atoms with Crippen LogP contribution >= 0.6 is 11.6 Å². The van der Waals surface area contributed by atoms with E-state index in [4.69, 9.17) is 11.6 Å². The molecular weight excluding hydrogens is 246 g/mol. The fourth-order valence-corrected chi connectivity index (χ4v) is 3.38. The van der Waals surface area contributed by atoms with Gasteiger partial charge in [-0.1, -0.05) is 12.8 Å².